The lowest BCUT2D eigenvalue weighted by atomic mass is 9.95. The minimum absolute atomic E-state index is 0.0497. The van der Waals surface area contributed by atoms with E-state index in [9.17, 15) is 23.2 Å². The summed E-state index contributed by atoms with van der Waals surface area (Å²) in [5, 5.41) is 18.4. The monoisotopic (exact) mass is 430 g/mol. The molecule has 3 N–H and O–H groups in total. The smallest absolute Gasteiger partial charge is 0.384 e. The van der Waals surface area contributed by atoms with Crippen LogP contribution in [-0.2, 0) is 6.18 Å². The van der Waals surface area contributed by atoms with Crippen molar-refractivity contribution in [3.05, 3.63) is 48.8 Å². The van der Waals surface area contributed by atoms with Gasteiger partial charge in [0.15, 0.2) is 0 Å². The van der Waals surface area contributed by atoms with Gasteiger partial charge in [-0.25, -0.2) is 0 Å². The second kappa shape index (κ2) is 5.93. The maximum Gasteiger partial charge on any atom is 0.416 e. The van der Waals surface area contributed by atoms with E-state index in [-0.39, 0.29) is 22.5 Å². The van der Waals surface area contributed by atoms with Gasteiger partial charge in [-0.15, -0.1) is 0 Å². The molecule has 2 aromatic rings. The van der Waals surface area contributed by atoms with Gasteiger partial charge >= 0.3 is 6.18 Å². The van der Waals surface area contributed by atoms with Crippen molar-refractivity contribution in [1.82, 2.24) is 4.98 Å². The largest absolute Gasteiger partial charge is 0.416 e. The Bertz CT molecular complexity index is 935. The number of benzene rings is 1. The number of hydrogen-bond donors (Lipinski definition) is 2. The molecule has 23 heavy (non-hydrogen) atoms. The first kappa shape index (κ1) is 16.8. The fraction of sp³-hybridized carbons (Fsp3) is 0.0714. The highest BCUT2D eigenvalue weighted by atomic mass is 127. The van der Waals surface area contributed by atoms with Gasteiger partial charge in [-0.05, 0) is 46.4 Å². The maximum absolute atomic E-state index is 12.9. The number of nitrogens with one attached hydrogen (secondary N) is 1. The van der Waals surface area contributed by atoms with Crippen molar-refractivity contribution in [2.45, 2.75) is 6.18 Å². The van der Waals surface area contributed by atoms with Crippen LogP contribution in [0.3, 0.4) is 0 Å². The number of aromatic amines is 1. The van der Waals surface area contributed by atoms with Gasteiger partial charge in [0.25, 0.3) is 5.56 Å². The minimum Gasteiger partial charge on any atom is -0.384 e. The van der Waals surface area contributed by atoms with Crippen molar-refractivity contribution in [3.63, 3.8) is 0 Å². The number of H-pyrrole nitrogens is 1. The normalized spacial score (nSPS) is 10.9. The zero-order chi connectivity index (χ0) is 17.4. The fourth-order valence-corrected chi connectivity index (χ4v) is 2.61. The molecule has 0 aliphatic rings. The Hall–Kier alpha value is -2.53. The molecule has 0 saturated heterocycles. The number of aromatic nitrogens is 1. The third-order valence-corrected chi connectivity index (χ3v) is 3.97. The molecule has 0 bridgehead atoms. The van der Waals surface area contributed by atoms with Crippen molar-refractivity contribution < 1.29 is 13.2 Å². The predicted octanol–water partition coefficient (Wildman–Crippen LogP) is 2.99. The SMILES string of the molecule is N#Cc1c(N)[nH]c(=O)c(C#N)c1-c1cc(C(F)(F)F)ccc1I. The summed E-state index contributed by atoms with van der Waals surface area (Å²) in [6.07, 6.45) is -4.61. The first-order valence-electron chi connectivity index (χ1n) is 5.93. The summed E-state index contributed by atoms with van der Waals surface area (Å²) in [5.41, 5.74) is 2.76. The highest BCUT2D eigenvalue weighted by Crippen LogP contribution is 2.37. The molecule has 5 nitrogen and oxygen atoms in total. The van der Waals surface area contributed by atoms with Crippen LogP contribution in [0.5, 0.6) is 0 Å². The van der Waals surface area contributed by atoms with Crippen LogP contribution in [0.25, 0.3) is 11.1 Å². The molecule has 0 radical (unpaired) electrons. The molecule has 0 aliphatic heterocycles. The molecule has 9 heteroatoms. The summed E-state index contributed by atoms with van der Waals surface area (Å²) < 4.78 is 39.1. The number of pyridine rings is 1. The van der Waals surface area contributed by atoms with E-state index in [2.05, 4.69) is 4.98 Å². The van der Waals surface area contributed by atoms with E-state index >= 15 is 0 Å². The van der Waals surface area contributed by atoms with Crippen LogP contribution in [-0.4, -0.2) is 4.98 Å². The Kier molecular flexibility index (Phi) is 4.34. The third kappa shape index (κ3) is 3.00. The Morgan fingerprint density at radius 1 is 1.17 bits per heavy atom. The van der Waals surface area contributed by atoms with Crippen molar-refractivity contribution >= 4 is 28.4 Å². The molecule has 0 fully saturated rings. The van der Waals surface area contributed by atoms with Gasteiger partial charge < -0.3 is 10.7 Å². The number of halogens is 4. The molecule has 0 amide bonds. The van der Waals surface area contributed by atoms with Crippen LogP contribution in [0, 0.1) is 26.2 Å². The third-order valence-electron chi connectivity index (χ3n) is 3.03. The van der Waals surface area contributed by atoms with E-state index in [4.69, 9.17) is 11.0 Å². The van der Waals surface area contributed by atoms with Gasteiger partial charge in [0.2, 0.25) is 0 Å². The Labute approximate surface area is 141 Å². The topological polar surface area (TPSA) is 106 Å². The van der Waals surface area contributed by atoms with E-state index in [0.29, 0.717) is 3.57 Å². The second-order valence-electron chi connectivity index (χ2n) is 4.41. The number of nitrogens with zero attached hydrogens (tertiary/aromatic N) is 2. The van der Waals surface area contributed by atoms with E-state index < -0.39 is 22.9 Å². The quantitative estimate of drug-likeness (QED) is 0.679. The van der Waals surface area contributed by atoms with Crippen molar-refractivity contribution in [1.29, 1.82) is 10.5 Å². The van der Waals surface area contributed by atoms with Crippen LogP contribution in [0.2, 0.25) is 0 Å². The minimum atomic E-state index is -4.61. The molecule has 0 aliphatic carbocycles. The van der Waals surface area contributed by atoms with Gasteiger partial charge in [0, 0.05) is 9.13 Å². The van der Waals surface area contributed by atoms with E-state index in [1.54, 1.807) is 34.7 Å². The zero-order valence-corrected chi connectivity index (χ0v) is 13.3. The molecule has 0 atom stereocenters. The molecule has 0 saturated carbocycles. The molecular formula is C14H6F3IN4O. The Morgan fingerprint density at radius 3 is 2.30 bits per heavy atom. The van der Waals surface area contributed by atoms with Crippen molar-refractivity contribution in [2.24, 2.45) is 0 Å². The molecule has 116 valence electrons. The first-order valence-corrected chi connectivity index (χ1v) is 7.01. The van der Waals surface area contributed by atoms with Gasteiger partial charge in [-0.2, -0.15) is 23.7 Å². The van der Waals surface area contributed by atoms with E-state index in [1.807, 2.05) is 0 Å². The highest BCUT2D eigenvalue weighted by molar-refractivity contribution is 14.1. The predicted molar refractivity (Wildman–Crippen MR) is 84.1 cm³/mol. The van der Waals surface area contributed by atoms with E-state index in [0.717, 1.165) is 12.1 Å². The Balaban J connectivity index is 2.96. The summed E-state index contributed by atoms with van der Waals surface area (Å²) in [6, 6.07) is 6.19. The molecule has 1 heterocycles. The van der Waals surface area contributed by atoms with Crippen molar-refractivity contribution in [2.75, 3.05) is 5.73 Å². The molecule has 0 spiro atoms. The van der Waals surface area contributed by atoms with Crippen LogP contribution in [0.1, 0.15) is 16.7 Å². The fourth-order valence-electron chi connectivity index (χ4n) is 2.01. The number of nitriles is 2. The first-order chi connectivity index (χ1) is 10.7. The van der Waals surface area contributed by atoms with Gasteiger partial charge in [-0.1, -0.05) is 0 Å². The van der Waals surface area contributed by atoms with Crippen LogP contribution in [0.15, 0.2) is 23.0 Å². The summed E-state index contributed by atoms with van der Waals surface area (Å²) >= 11 is 1.76. The highest BCUT2D eigenvalue weighted by Gasteiger charge is 2.32. The molecule has 1 aromatic carbocycles. The number of alkyl halides is 3. The molecule has 0 unspecified atom stereocenters. The number of nitrogen functional groups attached to an aromatic ring is 1. The van der Waals surface area contributed by atoms with Gasteiger partial charge in [0.1, 0.15) is 29.1 Å². The number of hydrogen-bond acceptors (Lipinski definition) is 4. The molecule has 2 rings (SSSR count). The Morgan fingerprint density at radius 2 is 1.78 bits per heavy atom. The van der Waals surface area contributed by atoms with Gasteiger partial charge in [0.05, 0.1) is 5.56 Å². The number of nitrogens with two attached hydrogens (primary N) is 1. The number of anilines is 1. The van der Waals surface area contributed by atoms with Gasteiger partial charge in [-0.3, -0.25) is 4.79 Å². The average Bonchev–Trinajstić information content (AvgIpc) is 2.46. The lowest BCUT2D eigenvalue weighted by Gasteiger charge is -2.13. The lowest BCUT2D eigenvalue weighted by molar-refractivity contribution is -0.137. The standard InChI is InChI=1S/C14H6F3IN4O/c15-14(16,17)6-1-2-10(18)7(3-6)11-8(4-19)12(21)22-13(23)9(11)5-20/h1-3H,(H3,21,22,23). The lowest BCUT2D eigenvalue weighted by Crippen LogP contribution is -2.17. The summed E-state index contributed by atoms with van der Waals surface area (Å²) in [6.45, 7) is 0. The second-order valence-corrected chi connectivity index (χ2v) is 5.57. The molecule has 1 aromatic heterocycles. The number of rotatable bonds is 1. The van der Waals surface area contributed by atoms with Crippen LogP contribution >= 0.6 is 22.6 Å². The average molecular weight is 430 g/mol. The van der Waals surface area contributed by atoms with E-state index in [1.165, 1.54) is 6.07 Å². The summed E-state index contributed by atoms with van der Waals surface area (Å²) in [5.74, 6) is -0.306. The summed E-state index contributed by atoms with van der Waals surface area (Å²) in [4.78, 5) is 14.0. The zero-order valence-electron chi connectivity index (χ0n) is 11.1. The maximum atomic E-state index is 12.9. The van der Waals surface area contributed by atoms with Crippen LogP contribution < -0.4 is 11.3 Å². The summed E-state index contributed by atoms with van der Waals surface area (Å²) in [7, 11) is 0. The van der Waals surface area contributed by atoms with Crippen LogP contribution in [0.4, 0.5) is 19.0 Å². The molecular weight excluding hydrogens is 424 g/mol. The van der Waals surface area contributed by atoms with Crippen molar-refractivity contribution in [3.8, 4) is 23.3 Å².